The zero-order chi connectivity index (χ0) is 29.5. The Morgan fingerprint density at radius 1 is 0.975 bits per heavy atom. The number of rotatable bonds is 11. The first-order chi connectivity index (χ1) is 18.8. The maximum absolute atomic E-state index is 13.0. The maximum atomic E-state index is 13.0. The summed E-state index contributed by atoms with van der Waals surface area (Å²) in [5, 5.41) is 2.80. The highest BCUT2D eigenvalue weighted by molar-refractivity contribution is 9.39. The zero-order valence-corrected chi connectivity index (χ0v) is 27.4. The van der Waals surface area contributed by atoms with E-state index in [1.807, 2.05) is 57.2 Å². The molecule has 2 amide bonds. The van der Waals surface area contributed by atoms with E-state index in [9.17, 15) is 14.4 Å². The molecule has 0 saturated heterocycles. The molecule has 1 N–H and O–H groups in total. The fourth-order valence-corrected chi connectivity index (χ4v) is 4.65. The molecule has 0 bridgehead atoms. The van der Waals surface area contributed by atoms with Gasteiger partial charge in [-0.2, -0.15) is 0 Å². The molecular formula is C28H32BBr3N2O6. The number of amides is 2. The summed E-state index contributed by atoms with van der Waals surface area (Å²) in [7, 11) is 5.60. The van der Waals surface area contributed by atoms with E-state index in [4.69, 9.17) is 22.1 Å². The molecule has 1 atom stereocenters. The van der Waals surface area contributed by atoms with Crippen molar-refractivity contribution in [3.05, 3.63) is 59.7 Å². The molecule has 214 valence electrons. The van der Waals surface area contributed by atoms with Crippen LogP contribution >= 0.6 is 47.8 Å². The third-order valence-electron chi connectivity index (χ3n) is 6.07. The van der Waals surface area contributed by atoms with Crippen molar-refractivity contribution in [1.82, 2.24) is 10.2 Å². The fraction of sp³-hybridized carbons (Fsp3) is 0.464. The molecule has 1 aliphatic carbocycles. The van der Waals surface area contributed by atoms with Crippen molar-refractivity contribution in [1.29, 1.82) is 0 Å². The molecule has 3 rings (SSSR count). The molecule has 0 aliphatic heterocycles. The Hall–Kier alpha value is -1.89. The highest BCUT2D eigenvalue weighted by Gasteiger charge is 2.30. The third kappa shape index (κ3) is 9.89. The molecule has 0 aromatic heterocycles. The Labute approximate surface area is 261 Å². The Balaban J connectivity index is 1.68. The van der Waals surface area contributed by atoms with Crippen molar-refractivity contribution in [3.8, 4) is 11.1 Å². The summed E-state index contributed by atoms with van der Waals surface area (Å²) in [6.45, 7) is 5.43. The molecule has 12 heteroatoms. The van der Waals surface area contributed by atoms with Gasteiger partial charge in [0, 0.05) is 12.5 Å². The van der Waals surface area contributed by atoms with Crippen LogP contribution in [0.5, 0.6) is 0 Å². The van der Waals surface area contributed by atoms with E-state index in [1.54, 1.807) is 0 Å². The Kier molecular flexibility index (Phi) is 11.7. The summed E-state index contributed by atoms with van der Waals surface area (Å²) >= 11 is 9.77. The predicted molar refractivity (Wildman–Crippen MR) is 165 cm³/mol. The van der Waals surface area contributed by atoms with Gasteiger partial charge in [-0.25, -0.2) is 4.79 Å². The summed E-state index contributed by atoms with van der Waals surface area (Å²) in [6, 6.07) is 15.5. The van der Waals surface area contributed by atoms with Gasteiger partial charge in [-0.1, -0.05) is 96.3 Å². The van der Waals surface area contributed by atoms with Gasteiger partial charge < -0.3 is 24.4 Å². The number of ether oxygens (including phenoxy) is 3. The lowest BCUT2D eigenvalue weighted by atomic mass is 9.98. The second kappa shape index (κ2) is 14.3. The van der Waals surface area contributed by atoms with Crippen LogP contribution in [0.1, 0.15) is 37.8 Å². The van der Waals surface area contributed by atoms with Gasteiger partial charge in [-0.15, -0.1) is 0 Å². The number of carbonyl (C=O) groups excluding carboxylic acids is 3. The van der Waals surface area contributed by atoms with E-state index >= 15 is 0 Å². The second-order valence-electron chi connectivity index (χ2n) is 10.3. The minimum atomic E-state index is -0.778. The summed E-state index contributed by atoms with van der Waals surface area (Å²) in [6.07, 6.45) is -0.973. The number of nitrogens with one attached hydrogen (secondary N) is 1. The minimum absolute atomic E-state index is 0.0342. The van der Waals surface area contributed by atoms with Gasteiger partial charge in [0.15, 0.2) is 2.14 Å². The number of alkyl halides is 3. The van der Waals surface area contributed by atoms with Crippen molar-refractivity contribution in [2.24, 2.45) is 0 Å². The Bertz CT molecular complexity index is 1160. The highest BCUT2D eigenvalue weighted by Crippen LogP contribution is 2.44. The normalized spacial score (nSPS) is 13.7. The summed E-state index contributed by atoms with van der Waals surface area (Å²) in [5.41, 5.74) is 3.95. The van der Waals surface area contributed by atoms with E-state index in [-0.39, 0.29) is 45.1 Å². The van der Waals surface area contributed by atoms with Gasteiger partial charge in [0.25, 0.3) is 0 Å². The standard InChI is InChI=1S/C28H32BBr3N2O6/c1-27(2,3)40-15-18(13-34(24(35)12-29)14-25(36)39-17-28(30,31)32)33-26(37)38-16-23-21-10-6-4-8-19(21)20-9-5-7-11-22(20)23/h4-11,18,23H,12-17H2,1-3H3,(H,33,37)/t18-/m1/s1. The van der Waals surface area contributed by atoms with Crippen LogP contribution in [0.4, 0.5) is 4.79 Å². The molecule has 0 fully saturated rings. The molecule has 0 heterocycles. The highest BCUT2D eigenvalue weighted by atomic mass is 80.0. The Morgan fingerprint density at radius 3 is 2.08 bits per heavy atom. The molecule has 0 saturated carbocycles. The van der Waals surface area contributed by atoms with Crippen molar-refractivity contribution in [2.75, 3.05) is 32.9 Å². The molecule has 0 spiro atoms. The molecule has 2 radical (unpaired) electrons. The number of alkyl carbamates (subject to hydrolysis) is 1. The fourth-order valence-electron chi connectivity index (χ4n) is 4.31. The van der Waals surface area contributed by atoms with Crippen LogP contribution in [0.2, 0.25) is 6.32 Å². The van der Waals surface area contributed by atoms with Gasteiger partial charge in [-0.3, -0.25) is 9.59 Å². The van der Waals surface area contributed by atoms with Crippen LogP contribution in [0.3, 0.4) is 0 Å². The number of fused-ring (bicyclic) bond motifs is 3. The smallest absolute Gasteiger partial charge is 0.407 e. The number of nitrogens with zero attached hydrogens (tertiary/aromatic N) is 1. The van der Waals surface area contributed by atoms with Crippen LogP contribution < -0.4 is 5.32 Å². The molecule has 1 aliphatic rings. The predicted octanol–water partition coefficient (Wildman–Crippen LogP) is 5.51. The summed E-state index contributed by atoms with van der Waals surface area (Å²) < 4.78 is 16.0. The topological polar surface area (TPSA) is 94.2 Å². The quantitative estimate of drug-likeness (QED) is 0.186. The molecule has 2 aromatic rings. The summed E-state index contributed by atoms with van der Waals surface area (Å²) in [4.78, 5) is 39.2. The molecule has 40 heavy (non-hydrogen) atoms. The lowest BCUT2D eigenvalue weighted by Gasteiger charge is -2.30. The zero-order valence-electron chi connectivity index (χ0n) is 22.6. The molecule has 2 aromatic carbocycles. The number of benzene rings is 2. The van der Waals surface area contributed by atoms with E-state index in [0.29, 0.717) is 0 Å². The molecule has 8 nitrogen and oxygen atoms in total. The molecule has 0 unspecified atom stereocenters. The van der Waals surface area contributed by atoms with Crippen LogP contribution in [0, 0.1) is 0 Å². The SMILES string of the molecule is [B]CC(=O)N(CC(=O)OCC(Br)(Br)Br)C[C@H](COC(C)(C)C)NC(=O)OCC1c2ccccc2-c2ccccc21. The van der Waals surface area contributed by atoms with Crippen LogP contribution in [0.25, 0.3) is 11.1 Å². The summed E-state index contributed by atoms with van der Waals surface area (Å²) in [5.74, 6) is -1.21. The number of esters is 1. The van der Waals surface area contributed by atoms with Gasteiger partial charge in [0.05, 0.1) is 26.1 Å². The van der Waals surface area contributed by atoms with Crippen molar-refractivity contribution in [2.45, 2.75) is 46.8 Å². The number of carbonyl (C=O) groups is 3. The van der Waals surface area contributed by atoms with Gasteiger partial charge in [-0.05, 0) is 49.3 Å². The number of hydrogen-bond acceptors (Lipinski definition) is 6. The number of hydrogen-bond donors (Lipinski definition) is 1. The van der Waals surface area contributed by atoms with E-state index in [2.05, 4.69) is 65.2 Å². The Morgan fingerprint density at radius 2 is 1.55 bits per heavy atom. The monoisotopic (exact) mass is 740 g/mol. The van der Waals surface area contributed by atoms with Crippen molar-refractivity contribution < 1.29 is 28.6 Å². The van der Waals surface area contributed by atoms with Crippen molar-refractivity contribution >= 4 is 73.6 Å². The van der Waals surface area contributed by atoms with E-state index in [0.717, 1.165) is 22.3 Å². The molecular weight excluding hydrogens is 711 g/mol. The minimum Gasteiger partial charge on any atom is -0.461 e. The van der Waals surface area contributed by atoms with Gasteiger partial charge in [0.2, 0.25) is 5.91 Å². The second-order valence-corrected chi connectivity index (χ2v) is 17.6. The van der Waals surface area contributed by atoms with E-state index in [1.165, 1.54) is 4.90 Å². The van der Waals surface area contributed by atoms with Crippen LogP contribution in [-0.4, -0.2) is 77.4 Å². The van der Waals surface area contributed by atoms with Crippen LogP contribution in [-0.2, 0) is 23.8 Å². The van der Waals surface area contributed by atoms with Gasteiger partial charge >= 0.3 is 12.1 Å². The van der Waals surface area contributed by atoms with Gasteiger partial charge in [0.1, 0.15) is 19.8 Å². The lowest BCUT2D eigenvalue weighted by molar-refractivity contribution is -0.148. The maximum Gasteiger partial charge on any atom is 0.407 e. The van der Waals surface area contributed by atoms with Crippen LogP contribution in [0.15, 0.2) is 48.5 Å². The third-order valence-corrected chi connectivity index (χ3v) is 6.75. The first-order valence-electron chi connectivity index (χ1n) is 12.7. The first kappa shape index (κ1) is 32.6. The average Bonchev–Trinajstić information content (AvgIpc) is 3.21. The number of halogens is 3. The van der Waals surface area contributed by atoms with Crippen molar-refractivity contribution in [3.63, 3.8) is 0 Å². The average molecular weight is 743 g/mol. The van der Waals surface area contributed by atoms with E-state index < -0.39 is 31.8 Å². The lowest BCUT2D eigenvalue weighted by Crippen LogP contribution is -2.50. The first-order valence-corrected chi connectivity index (χ1v) is 15.1. The largest absolute Gasteiger partial charge is 0.461 e.